The molecule has 1 heteroatoms. The van der Waals surface area contributed by atoms with Crippen LogP contribution >= 0.6 is 22.6 Å². The van der Waals surface area contributed by atoms with Crippen molar-refractivity contribution in [3.05, 3.63) is 0 Å². The molecule has 0 aliphatic carbocycles. The highest BCUT2D eigenvalue weighted by molar-refractivity contribution is 14.1. The Morgan fingerprint density at radius 2 is 0.947 bits per heavy atom. The first-order valence-corrected chi connectivity index (χ1v) is 10.4. The summed E-state index contributed by atoms with van der Waals surface area (Å²) in [5.41, 5.74) is 0. The molecule has 0 aliphatic rings. The molecule has 0 saturated heterocycles. The van der Waals surface area contributed by atoms with Gasteiger partial charge in [0.2, 0.25) is 0 Å². The third-order valence-corrected chi connectivity index (χ3v) is 5.40. The van der Waals surface area contributed by atoms with Gasteiger partial charge in [0.25, 0.3) is 0 Å². The minimum Gasteiger partial charge on any atom is -0.0861 e. The van der Waals surface area contributed by atoms with Crippen LogP contribution in [0.2, 0.25) is 0 Å². The van der Waals surface area contributed by atoms with Crippen molar-refractivity contribution >= 4 is 22.6 Å². The Bertz CT molecular complexity index is 156. The van der Waals surface area contributed by atoms with Gasteiger partial charge in [-0.25, -0.2) is 0 Å². The zero-order chi connectivity index (χ0) is 14.2. The average Bonchev–Trinajstić information content (AvgIpc) is 2.44. The second kappa shape index (κ2) is 16.8. The first-order chi connectivity index (χ1) is 9.35. The van der Waals surface area contributed by atoms with E-state index in [9.17, 15) is 0 Å². The van der Waals surface area contributed by atoms with E-state index >= 15 is 0 Å². The Kier molecular flexibility index (Phi) is 17.4. The first kappa shape index (κ1) is 19.7. The third kappa shape index (κ3) is 14.9. The maximum atomic E-state index is 2.59. The Labute approximate surface area is 136 Å². The molecular weight excluding hydrogens is 343 g/mol. The molecule has 0 aromatic heterocycles. The lowest BCUT2D eigenvalue weighted by atomic mass is 9.96. The van der Waals surface area contributed by atoms with Crippen LogP contribution in [0.1, 0.15) is 104 Å². The molecule has 0 fully saturated rings. The third-order valence-electron chi connectivity index (χ3n) is 4.15. The molecule has 0 bridgehead atoms. The standard InChI is InChI=1S/C18H37I/c1-3-5-7-9-10-11-12-14-16-18(17-19)15-13-8-6-4-2/h18H,3-17H2,1-2H3. The van der Waals surface area contributed by atoms with Gasteiger partial charge in [0, 0.05) is 4.43 Å². The molecule has 1 atom stereocenters. The Hall–Kier alpha value is 0.730. The monoisotopic (exact) mass is 380 g/mol. The van der Waals surface area contributed by atoms with E-state index in [1.807, 2.05) is 0 Å². The predicted molar refractivity (Wildman–Crippen MR) is 98.4 cm³/mol. The van der Waals surface area contributed by atoms with Gasteiger partial charge in [0.05, 0.1) is 0 Å². The fraction of sp³-hybridized carbons (Fsp3) is 1.00. The number of rotatable bonds is 15. The number of alkyl halides is 1. The van der Waals surface area contributed by atoms with E-state index in [0.717, 1.165) is 5.92 Å². The zero-order valence-corrected chi connectivity index (χ0v) is 15.7. The minimum absolute atomic E-state index is 1.01. The van der Waals surface area contributed by atoms with E-state index < -0.39 is 0 Å². The maximum Gasteiger partial charge on any atom is 0.00237 e. The van der Waals surface area contributed by atoms with Gasteiger partial charge in [-0.05, 0) is 18.8 Å². The number of unbranched alkanes of at least 4 members (excludes halogenated alkanes) is 10. The van der Waals surface area contributed by atoms with Crippen LogP contribution in [0.4, 0.5) is 0 Å². The first-order valence-electron chi connectivity index (χ1n) is 8.91. The van der Waals surface area contributed by atoms with Gasteiger partial charge in [-0.15, -0.1) is 0 Å². The normalized spacial score (nSPS) is 12.8. The molecular formula is C18H37I. The summed E-state index contributed by atoms with van der Waals surface area (Å²) in [6, 6.07) is 0. The van der Waals surface area contributed by atoms with Gasteiger partial charge in [-0.2, -0.15) is 0 Å². The SMILES string of the molecule is CCCCCCCCCCC(CI)CCCCCC. The van der Waals surface area contributed by atoms with Gasteiger partial charge in [-0.1, -0.05) is 113 Å². The highest BCUT2D eigenvalue weighted by Crippen LogP contribution is 2.20. The fourth-order valence-electron chi connectivity index (χ4n) is 2.73. The molecule has 116 valence electrons. The molecule has 0 aliphatic heterocycles. The molecule has 0 nitrogen and oxygen atoms in total. The summed E-state index contributed by atoms with van der Waals surface area (Å²) in [5, 5.41) is 0. The van der Waals surface area contributed by atoms with Crippen LogP contribution in [-0.4, -0.2) is 4.43 Å². The van der Waals surface area contributed by atoms with Crippen molar-refractivity contribution in [1.82, 2.24) is 0 Å². The molecule has 0 aromatic rings. The number of hydrogen-bond donors (Lipinski definition) is 0. The highest BCUT2D eigenvalue weighted by atomic mass is 127. The molecule has 0 radical (unpaired) electrons. The predicted octanol–water partition coefficient (Wildman–Crippen LogP) is 7.54. The van der Waals surface area contributed by atoms with Gasteiger partial charge in [-0.3, -0.25) is 0 Å². The minimum atomic E-state index is 1.01. The van der Waals surface area contributed by atoms with Crippen LogP contribution in [0, 0.1) is 5.92 Å². The summed E-state index contributed by atoms with van der Waals surface area (Å²) in [4.78, 5) is 0. The molecule has 0 saturated carbocycles. The lowest BCUT2D eigenvalue weighted by molar-refractivity contribution is 0.443. The molecule has 1 unspecified atom stereocenters. The number of halogens is 1. The Balaban J connectivity index is 3.26. The van der Waals surface area contributed by atoms with Crippen molar-refractivity contribution in [3.63, 3.8) is 0 Å². The van der Waals surface area contributed by atoms with Crippen molar-refractivity contribution in [1.29, 1.82) is 0 Å². The van der Waals surface area contributed by atoms with Crippen molar-refractivity contribution in [2.75, 3.05) is 4.43 Å². The highest BCUT2D eigenvalue weighted by Gasteiger charge is 2.06. The van der Waals surface area contributed by atoms with Gasteiger partial charge in [0.15, 0.2) is 0 Å². The summed E-state index contributed by atoms with van der Waals surface area (Å²) < 4.78 is 1.38. The smallest absolute Gasteiger partial charge is 0.00237 e. The largest absolute Gasteiger partial charge is 0.0861 e. The van der Waals surface area contributed by atoms with Crippen molar-refractivity contribution in [2.24, 2.45) is 5.92 Å². The van der Waals surface area contributed by atoms with Crippen LogP contribution < -0.4 is 0 Å². The van der Waals surface area contributed by atoms with Crippen LogP contribution in [0.15, 0.2) is 0 Å². The molecule has 0 N–H and O–H groups in total. The topological polar surface area (TPSA) is 0 Å². The summed E-state index contributed by atoms with van der Waals surface area (Å²) >= 11 is 2.59. The van der Waals surface area contributed by atoms with Crippen molar-refractivity contribution in [2.45, 2.75) is 104 Å². The van der Waals surface area contributed by atoms with E-state index in [0.29, 0.717) is 0 Å². The second-order valence-corrected chi connectivity index (χ2v) is 7.01. The molecule has 0 amide bonds. The van der Waals surface area contributed by atoms with Gasteiger partial charge in [0.1, 0.15) is 0 Å². The fourth-order valence-corrected chi connectivity index (χ4v) is 3.61. The van der Waals surface area contributed by atoms with Gasteiger partial charge >= 0.3 is 0 Å². The van der Waals surface area contributed by atoms with E-state index in [1.165, 1.54) is 94.3 Å². The van der Waals surface area contributed by atoms with Crippen LogP contribution in [-0.2, 0) is 0 Å². The molecule has 0 heterocycles. The van der Waals surface area contributed by atoms with Crippen LogP contribution in [0.5, 0.6) is 0 Å². The van der Waals surface area contributed by atoms with E-state index in [-0.39, 0.29) is 0 Å². The van der Waals surface area contributed by atoms with Gasteiger partial charge < -0.3 is 0 Å². The zero-order valence-electron chi connectivity index (χ0n) is 13.6. The van der Waals surface area contributed by atoms with Crippen LogP contribution in [0.3, 0.4) is 0 Å². The summed E-state index contributed by atoms with van der Waals surface area (Å²) in [6.45, 7) is 4.60. The van der Waals surface area contributed by atoms with E-state index in [2.05, 4.69) is 36.4 Å². The number of hydrogen-bond acceptors (Lipinski definition) is 0. The maximum absolute atomic E-state index is 2.59. The van der Waals surface area contributed by atoms with Crippen molar-refractivity contribution in [3.8, 4) is 0 Å². The van der Waals surface area contributed by atoms with E-state index in [4.69, 9.17) is 0 Å². The molecule has 0 rings (SSSR count). The lowest BCUT2D eigenvalue weighted by Gasteiger charge is -2.13. The Morgan fingerprint density at radius 3 is 1.37 bits per heavy atom. The van der Waals surface area contributed by atoms with Crippen LogP contribution in [0.25, 0.3) is 0 Å². The summed E-state index contributed by atoms with van der Waals surface area (Å²) in [6.07, 6.45) is 20.4. The van der Waals surface area contributed by atoms with E-state index in [1.54, 1.807) is 0 Å². The quantitative estimate of drug-likeness (QED) is 0.156. The summed E-state index contributed by atoms with van der Waals surface area (Å²) in [7, 11) is 0. The summed E-state index contributed by atoms with van der Waals surface area (Å²) in [5.74, 6) is 1.01. The molecule has 0 spiro atoms. The van der Waals surface area contributed by atoms with Crippen molar-refractivity contribution < 1.29 is 0 Å². The molecule has 0 aromatic carbocycles. The lowest BCUT2D eigenvalue weighted by Crippen LogP contribution is -2.02. The second-order valence-electron chi connectivity index (χ2n) is 6.13. The molecule has 19 heavy (non-hydrogen) atoms. The average molecular weight is 380 g/mol. The Morgan fingerprint density at radius 1 is 0.579 bits per heavy atom.